The summed E-state index contributed by atoms with van der Waals surface area (Å²) in [6, 6.07) is 8.69. The largest absolute Gasteiger partial charge is 0.452 e. The van der Waals surface area contributed by atoms with E-state index in [0.717, 1.165) is 6.26 Å². The first-order valence-corrected chi connectivity index (χ1v) is 9.33. The van der Waals surface area contributed by atoms with E-state index in [1.54, 1.807) is 11.4 Å². The number of nitrogens with one attached hydrogen (secondary N) is 1. The van der Waals surface area contributed by atoms with Crippen LogP contribution < -0.4 is 5.32 Å². The molecule has 0 bridgehead atoms. The summed E-state index contributed by atoms with van der Waals surface area (Å²) in [6.45, 7) is -0.518. The summed E-state index contributed by atoms with van der Waals surface area (Å²) < 4.78 is 27.5. The van der Waals surface area contributed by atoms with Gasteiger partial charge in [-0.3, -0.25) is 4.79 Å². The second kappa shape index (κ2) is 7.25. The van der Waals surface area contributed by atoms with E-state index in [1.165, 1.54) is 35.6 Å². The van der Waals surface area contributed by atoms with Crippen LogP contribution in [0.2, 0.25) is 0 Å². The van der Waals surface area contributed by atoms with Crippen molar-refractivity contribution in [3.63, 3.8) is 0 Å². The van der Waals surface area contributed by atoms with Crippen LogP contribution in [0, 0.1) is 11.3 Å². The number of hydrogen-bond acceptors (Lipinski definition) is 7. The lowest BCUT2D eigenvalue weighted by molar-refractivity contribution is -0.119. The number of sulfone groups is 1. The predicted molar refractivity (Wildman–Crippen MR) is 87.5 cm³/mol. The molecule has 0 fully saturated rings. The van der Waals surface area contributed by atoms with Gasteiger partial charge in [0, 0.05) is 6.26 Å². The van der Waals surface area contributed by atoms with Gasteiger partial charge in [0.15, 0.2) is 16.4 Å². The molecule has 0 aliphatic carbocycles. The van der Waals surface area contributed by atoms with Gasteiger partial charge < -0.3 is 10.1 Å². The Bertz CT molecular complexity index is 908. The minimum Gasteiger partial charge on any atom is -0.452 e. The van der Waals surface area contributed by atoms with Crippen LogP contribution in [0.5, 0.6) is 0 Å². The third kappa shape index (κ3) is 4.41. The van der Waals surface area contributed by atoms with E-state index < -0.39 is 28.3 Å². The second-order valence-corrected chi connectivity index (χ2v) is 7.63. The molecule has 124 valence electrons. The molecule has 0 aliphatic heterocycles. The molecule has 1 N–H and O–H groups in total. The molecule has 9 heteroatoms. The molecule has 7 nitrogen and oxygen atoms in total. The van der Waals surface area contributed by atoms with Gasteiger partial charge in [0.05, 0.1) is 16.0 Å². The highest BCUT2D eigenvalue weighted by Crippen LogP contribution is 2.21. The molecule has 0 saturated heterocycles. The molecule has 1 amide bonds. The average molecular weight is 364 g/mol. The summed E-state index contributed by atoms with van der Waals surface area (Å²) in [4.78, 5) is 23.6. The molecule has 2 rings (SSSR count). The Morgan fingerprint density at radius 3 is 2.50 bits per heavy atom. The Morgan fingerprint density at radius 1 is 1.25 bits per heavy atom. The number of amides is 1. The van der Waals surface area contributed by atoms with Crippen LogP contribution in [-0.4, -0.2) is 33.2 Å². The molecule has 0 radical (unpaired) electrons. The van der Waals surface area contributed by atoms with E-state index >= 15 is 0 Å². The molecular formula is C15H12N2O5S2. The topological polar surface area (TPSA) is 113 Å². The predicted octanol–water partition coefficient (Wildman–Crippen LogP) is 1.82. The van der Waals surface area contributed by atoms with Gasteiger partial charge in [-0.05, 0) is 35.7 Å². The quantitative estimate of drug-likeness (QED) is 0.810. The van der Waals surface area contributed by atoms with E-state index in [2.05, 4.69) is 5.32 Å². The number of carbonyl (C=O) groups excluding carboxylic acids is 2. The highest BCUT2D eigenvalue weighted by Gasteiger charge is 2.14. The minimum absolute atomic E-state index is 0.0820. The maximum Gasteiger partial charge on any atom is 0.338 e. The Hall–Kier alpha value is -2.70. The molecule has 0 aliphatic rings. The lowest BCUT2D eigenvalue weighted by Crippen LogP contribution is -2.20. The highest BCUT2D eigenvalue weighted by molar-refractivity contribution is 7.90. The number of carbonyl (C=O) groups is 2. The van der Waals surface area contributed by atoms with Crippen LogP contribution in [0.15, 0.2) is 40.6 Å². The Balaban J connectivity index is 1.93. The monoisotopic (exact) mass is 364 g/mol. The first kappa shape index (κ1) is 17.7. The van der Waals surface area contributed by atoms with Crippen molar-refractivity contribution in [2.24, 2.45) is 0 Å². The molecule has 1 aromatic heterocycles. The number of ether oxygens (including phenoxy) is 1. The van der Waals surface area contributed by atoms with E-state index in [4.69, 9.17) is 10.00 Å². The number of nitrogens with zero attached hydrogens (tertiary/aromatic N) is 1. The summed E-state index contributed by atoms with van der Waals surface area (Å²) in [5, 5.41) is 13.4. The summed E-state index contributed by atoms with van der Waals surface area (Å²) >= 11 is 1.19. The molecule has 1 aromatic carbocycles. The molecule has 0 saturated carbocycles. The van der Waals surface area contributed by atoms with E-state index in [9.17, 15) is 18.0 Å². The maximum absolute atomic E-state index is 11.8. The van der Waals surface area contributed by atoms with E-state index in [-0.39, 0.29) is 10.5 Å². The normalized spacial score (nSPS) is 10.7. The Labute approximate surface area is 142 Å². The van der Waals surface area contributed by atoms with Crippen molar-refractivity contribution in [2.45, 2.75) is 4.90 Å². The number of benzene rings is 1. The van der Waals surface area contributed by atoms with Crippen LogP contribution in [0.3, 0.4) is 0 Å². The maximum atomic E-state index is 11.8. The molecule has 0 unspecified atom stereocenters. The van der Waals surface area contributed by atoms with Crippen molar-refractivity contribution in [3.05, 3.63) is 46.8 Å². The summed E-state index contributed by atoms with van der Waals surface area (Å²) in [7, 11) is -3.35. The van der Waals surface area contributed by atoms with Gasteiger partial charge in [-0.1, -0.05) is 0 Å². The number of anilines is 1. The van der Waals surface area contributed by atoms with Gasteiger partial charge >= 0.3 is 5.97 Å². The van der Waals surface area contributed by atoms with Crippen molar-refractivity contribution in [2.75, 3.05) is 18.2 Å². The number of esters is 1. The van der Waals surface area contributed by atoms with Gasteiger partial charge in [0.25, 0.3) is 5.91 Å². The van der Waals surface area contributed by atoms with E-state index in [1.807, 2.05) is 6.07 Å². The van der Waals surface area contributed by atoms with Crippen molar-refractivity contribution in [3.8, 4) is 6.07 Å². The van der Waals surface area contributed by atoms with Crippen LogP contribution in [0.25, 0.3) is 0 Å². The number of rotatable bonds is 5. The third-order valence-corrected chi connectivity index (χ3v) is 4.85. The second-order valence-electron chi connectivity index (χ2n) is 4.70. The van der Waals surface area contributed by atoms with Crippen LogP contribution in [0.4, 0.5) is 5.00 Å². The SMILES string of the molecule is CS(=O)(=O)c1ccc(C(=O)OCC(=O)Nc2sccc2C#N)cc1. The number of hydrogen-bond donors (Lipinski definition) is 1. The lowest BCUT2D eigenvalue weighted by atomic mass is 10.2. The lowest BCUT2D eigenvalue weighted by Gasteiger charge is -2.06. The van der Waals surface area contributed by atoms with Crippen molar-refractivity contribution in [1.29, 1.82) is 5.26 Å². The van der Waals surface area contributed by atoms with Crippen LogP contribution in [0.1, 0.15) is 15.9 Å². The van der Waals surface area contributed by atoms with E-state index in [0.29, 0.717) is 10.6 Å². The summed E-state index contributed by atoms with van der Waals surface area (Å²) in [6.07, 6.45) is 1.06. The Morgan fingerprint density at radius 2 is 1.92 bits per heavy atom. The molecule has 1 heterocycles. The first-order valence-electron chi connectivity index (χ1n) is 6.56. The smallest absolute Gasteiger partial charge is 0.338 e. The third-order valence-electron chi connectivity index (χ3n) is 2.89. The van der Waals surface area contributed by atoms with Gasteiger partial charge in [-0.25, -0.2) is 13.2 Å². The van der Waals surface area contributed by atoms with Crippen molar-refractivity contribution in [1.82, 2.24) is 0 Å². The molecule has 2 aromatic rings. The first-order chi connectivity index (χ1) is 11.3. The molecular weight excluding hydrogens is 352 g/mol. The molecule has 0 atom stereocenters. The van der Waals surface area contributed by atoms with Crippen molar-refractivity contribution < 1.29 is 22.7 Å². The summed E-state index contributed by atoms with van der Waals surface area (Å²) in [5.41, 5.74) is 0.458. The van der Waals surface area contributed by atoms with Crippen LogP contribution in [-0.2, 0) is 19.4 Å². The van der Waals surface area contributed by atoms with Gasteiger partial charge in [-0.2, -0.15) is 5.26 Å². The number of thiophene rings is 1. The minimum atomic E-state index is -3.35. The van der Waals surface area contributed by atoms with Crippen LogP contribution >= 0.6 is 11.3 Å². The Kier molecular flexibility index (Phi) is 5.33. The standard InChI is InChI=1S/C15H12N2O5S2/c1-24(20,21)12-4-2-10(3-5-12)15(19)22-9-13(18)17-14-11(8-16)6-7-23-14/h2-7H,9H2,1H3,(H,17,18). The fourth-order valence-corrected chi connectivity index (χ4v) is 3.09. The van der Waals surface area contributed by atoms with Crippen molar-refractivity contribution >= 4 is 38.1 Å². The zero-order valence-corrected chi connectivity index (χ0v) is 14.1. The summed E-state index contributed by atoms with van der Waals surface area (Å²) in [5.74, 6) is -1.33. The average Bonchev–Trinajstić information content (AvgIpc) is 2.99. The highest BCUT2D eigenvalue weighted by atomic mass is 32.2. The fourth-order valence-electron chi connectivity index (χ4n) is 1.71. The fraction of sp³-hybridized carbons (Fsp3) is 0.133. The van der Waals surface area contributed by atoms with Gasteiger partial charge in [0.2, 0.25) is 0 Å². The zero-order chi connectivity index (χ0) is 17.7. The molecule has 0 spiro atoms. The molecule has 24 heavy (non-hydrogen) atoms. The number of nitriles is 1. The van der Waals surface area contributed by atoms with Gasteiger partial charge in [-0.15, -0.1) is 11.3 Å². The zero-order valence-electron chi connectivity index (χ0n) is 12.5. The van der Waals surface area contributed by atoms with Gasteiger partial charge in [0.1, 0.15) is 11.1 Å².